The zero-order valence-electron chi connectivity index (χ0n) is 12.7. The number of nitrogens with one attached hydrogen (secondary N) is 1. The number of fused-ring (bicyclic) bond motifs is 3. The van der Waals surface area contributed by atoms with Crippen LogP contribution in [0.1, 0.15) is 42.0 Å². The van der Waals surface area contributed by atoms with Crippen molar-refractivity contribution >= 4 is 5.69 Å². The second kappa shape index (κ2) is 5.28. The standard InChI is InChI=1S/C20H20FN/c1-2-13-10-11-19-17(12-13)14-7-5-8-15(14)20(22-19)16-6-3-4-9-18(16)21/h3-7,9-12,14-15,20,22H,2,8H2,1H3/t14-,15-,20-/m1/s1. The molecule has 1 heterocycles. The molecule has 1 N–H and O–H groups in total. The third kappa shape index (κ3) is 2.06. The number of aryl methyl sites for hydroxylation is 1. The second-order valence-electron chi connectivity index (χ2n) is 6.27. The molecule has 22 heavy (non-hydrogen) atoms. The van der Waals surface area contributed by atoms with Crippen molar-refractivity contribution < 1.29 is 4.39 Å². The van der Waals surface area contributed by atoms with Crippen molar-refractivity contribution in [1.29, 1.82) is 0 Å². The Morgan fingerprint density at radius 2 is 2.00 bits per heavy atom. The molecular formula is C20H20FN. The van der Waals surface area contributed by atoms with Crippen LogP contribution >= 0.6 is 0 Å². The van der Waals surface area contributed by atoms with E-state index in [0.717, 1.165) is 24.1 Å². The van der Waals surface area contributed by atoms with Crippen LogP contribution in [-0.2, 0) is 6.42 Å². The minimum Gasteiger partial charge on any atom is -0.378 e. The van der Waals surface area contributed by atoms with Crippen LogP contribution in [0.5, 0.6) is 0 Å². The van der Waals surface area contributed by atoms with E-state index in [1.54, 1.807) is 12.1 Å². The maximum atomic E-state index is 14.3. The van der Waals surface area contributed by atoms with Gasteiger partial charge in [-0.05, 0) is 42.0 Å². The SMILES string of the molecule is CCc1ccc2c(c1)[C@@H]1C=CC[C@H]1[C@H](c1ccccc1F)N2. The molecule has 0 unspecified atom stereocenters. The lowest BCUT2D eigenvalue weighted by Gasteiger charge is -2.37. The van der Waals surface area contributed by atoms with Gasteiger partial charge in [0, 0.05) is 17.2 Å². The van der Waals surface area contributed by atoms with Gasteiger partial charge in [0.1, 0.15) is 5.82 Å². The van der Waals surface area contributed by atoms with Crippen molar-refractivity contribution in [2.45, 2.75) is 31.7 Å². The highest BCUT2D eigenvalue weighted by atomic mass is 19.1. The minimum atomic E-state index is -0.112. The molecule has 0 bridgehead atoms. The molecule has 0 radical (unpaired) electrons. The van der Waals surface area contributed by atoms with Crippen molar-refractivity contribution in [3.8, 4) is 0 Å². The molecule has 0 amide bonds. The zero-order chi connectivity index (χ0) is 15.1. The van der Waals surface area contributed by atoms with Gasteiger partial charge >= 0.3 is 0 Å². The van der Waals surface area contributed by atoms with E-state index < -0.39 is 0 Å². The third-order valence-electron chi connectivity index (χ3n) is 5.08. The number of benzene rings is 2. The molecule has 0 saturated heterocycles. The molecule has 2 aromatic rings. The maximum Gasteiger partial charge on any atom is 0.128 e. The first-order valence-corrected chi connectivity index (χ1v) is 8.08. The zero-order valence-corrected chi connectivity index (χ0v) is 12.7. The summed E-state index contributed by atoms with van der Waals surface area (Å²) in [4.78, 5) is 0. The van der Waals surface area contributed by atoms with E-state index in [1.165, 1.54) is 11.1 Å². The molecule has 0 saturated carbocycles. The third-order valence-corrected chi connectivity index (χ3v) is 5.08. The van der Waals surface area contributed by atoms with Gasteiger partial charge in [-0.2, -0.15) is 0 Å². The average Bonchev–Trinajstić information content (AvgIpc) is 3.04. The quantitative estimate of drug-likeness (QED) is 0.749. The summed E-state index contributed by atoms with van der Waals surface area (Å²) in [7, 11) is 0. The van der Waals surface area contributed by atoms with Crippen LogP contribution in [0.3, 0.4) is 0 Å². The molecule has 0 fully saturated rings. The molecular weight excluding hydrogens is 273 g/mol. The summed E-state index contributed by atoms with van der Waals surface area (Å²) in [5.41, 5.74) is 4.67. The fourth-order valence-electron chi connectivity index (χ4n) is 3.90. The summed E-state index contributed by atoms with van der Waals surface area (Å²) >= 11 is 0. The predicted octanol–water partition coefficient (Wildman–Crippen LogP) is 5.21. The molecule has 0 aromatic heterocycles. The summed E-state index contributed by atoms with van der Waals surface area (Å²) in [6.07, 6.45) is 6.60. The van der Waals surface area contributed by atoms with E-state index >= 15 is 0 Å². The summed E-state index contributed by atoms with van der Waals surface area (Å²) in [6, 6.07) is 13.8. The first-order chi connectivity index (χ1) is 10.8. The number of anilines is 1. The van der Waals surface area contributed by atoms with Crippen molar-refractivity contribution in [1.82, 2.24) is 0 Å². The highest BCUT2D eigenvalue weighted by Crippen LogP contribution is 2.50. The Hall–Kier alpha value is -2.09. The van der Waals surface area contributed by atoms with Gasteiger partial charge in [-0.25, -0.2) is 4.39 Å². The number of hydrogen-bond acceptors (Lipinski definition) is 1. The fourth-order valence-corrected chi connectivity index (χ4v) is 3.90. The van der Waals surface area contributed by atoms with Crippen LogP contribution in [-0.4, -0.2) is 0 Å². The Kier molecular flexibility index (Phi) is 3.25. The lowest BCUT2D eigenvalue weighted by molar-refractivity contribution is 0.413. The van der Waals surface area contributed by atoms with Crippen LogP contribution in [0.15, 0.2) is 54.6 Å². The van der Waals surface area contributed by atoms with Gasteiger partial charge in [-0.15, -0.1) is 0 Å². The van der Waals surface area contributed by atoms with Crippen molar-refractivity contribution in [2.75, 3.05) is 5.32 Å². The van der Waals surface area contributed by atoms with Crippen molar-refractivity contribution in [3.05, 3.63) is 77.1 Å². The Balaban J connectivity index is 1.80. The van der Waals surface area contributed by atoms with E-state index in [4.69, 9.17) is 0 Å². The molecule has 4 rings (SSSR count). The number of rotatable bonds is 2. The lowest BCUT2D eigenvalue weighted by atomic mass is 9.76. The Morgan fingerprint density at radius 3 is 2.82 bits per heavy atom. The molecule has 1 aliphatic heterocycles. The Bertz CT molecular complexity index is 734. The van der Waals surface area contributed by atoms with E-state index in [9.17, 15) is 4.39 Å². The number of halogens is 1. The minimum absolute atomic E-state index is 0.0428. The molecule has 1 nitrogen and oxygen atoms in total. The predicted molar refractivity (Wildman–Crippen MR) is 88.6 cm³/mol. The summed E-state index contributed by atoms with van der Waals surface area (Å²) < 4.78 is 14.3. The lowest BCUT2D eigenvalue weighted by Crippen LogP contribution is -2.29. The molecule has 1 aliphatic carbocycles. The molecule has 2 heteroatoms. The normalized spacial score (nSPS) is 25.5. The topological polar surface area (TPSA) is 12.0 Å². The van der Waals surface area contributed by atoms with Gasteiger partial charge in [0.2, 0.25) is 0 Å². The van der Waals surface area contributed by atoms with E-state index in [-0.39, 0.29) is 11.9 Å². The van der Waals surface area contributed by atoms with Crippen LogP contribution in [0, 0.1) is 11.7 Å². The monoisotopic (exact) mass is 293 g/mol. The van der Waals surface area contributed by atoms with Gasteiger partial charge in [-0.1, -0.05) is 49.4 Å². The largest absolute Gasteiger partial charge is 0.378 e. The summed E-state index contributed by atoms with van der Waals surface area (Å²) in [5.74, 6) is 0.683. The van der Waals surface area contributed by atoms with E-state index in [1.807, 2.05) is 12.1 Å². The summed E-state index contributed by atoms with van der Waals surface area (Å²) in [5, 5.41) is 3.60. The molecule has 2 aromatic carbocycles. The van der Waals surface area contributed by atoms with Crippen molar-refractivity contribution in [2.24, 2.45) is 5.92 Å². The Morgan fingerprint density at radius 1 is 1.14 bits per heavy atom. The Labute approximate surface area is 130 Å². The first-order valence-electron chi connectivity index (χ1n) is 8.08. The van der Waals surface area contributed by atoms with E-state index in [2.05, 4.69) is 42.6 Å². The van der Waals surface area contributed by atoms with Gasteiger partial charge in [0.05, 0.1) is 6.04 Å². The van der Waals surface area contributed by atoms with Crippen molar-refractivity contribution in [3.63, 3.8) is 0 Å². The van der Waals surface area contributed by atoms with Gasteiger partial charge < -0.3 is 5.32 Å². The van der Waals surface area contributed by atoms with Gasteiger partial charge in [0.15, 0.2) is 0 Å². The van der Waals surface area contributed by atoms with Crippen LogP contribution in [0.4, 0.5) is 10.1 Å². The highest BCUT2D eigenvalue weighted by molar-refractivity contribution is 5.60. The highest BCUT2D eigenvalue weighted by Gasteiger charge is 2.38. The maximum absolute atomic E-state index is 14.3. The molecule has 0 spiro atoms. The van der Waals surface area contributed by atoms with Gasteiger partial charge in [0.25, 0.3) is 0 Å². The van der Waals surface area contributed by atoms with E-state index in [0.29, 0.717) is 11.8 Å². The first kappa shape index (κ1) is 13.6. The molecule has 2 aliphatic rings. The van der Waals surface area contributed by atoms with Crippen LogP contribution in [0.25, 0.3) is 0 Å². The summed E-state index contributed by atoms with van der Waals surface area (Å²) in [6.45, 7) is 2.18. The van der Waals surface area contributed by atoms with Crippen LogP contribution < -0.4 is 5.32 Å². The number of hydrogen-bond donors (Lipinski definition) is 1. The van der Waals surface area contributed by atoms with Gasteiger partial charge in [-0.3, -0.25) is 0 Å². The second-order valence-corrected chi connectivity index (χ2v) is 6.27. The van der Waals surface area contributed by atoms with Crippen LogP contribution in [0.2, 0.25) is 0 Å². The smallest absolute Gasteiger partial charge is 0.128 e. The average molecular weight is 293 g/mol. The molecule has 112 valence electrons. The fraction of sp³-hybridized carbons (Fsp3) is 0.300. The number of allylic oxidation sites excluding steroid dienone is 2. The molecule has 3 atom stereocenters.